The molecule has 0 fully saturated rings. The lowest BCUT2D eigenvalue weighted by Crippen LogP contribution is -2.17. The van der Waals surface area contributed by atoms with Crippen molar-refractivity contribution in [2.75, 3.05) is 10.6 Å². The zero-order chi connectivity index (χ0) is 23.0. The molecule has 4 rings (SSSR count). The van der Waals surface area contributed by atoms with Crippen LogP contribution in [0.3, 0.4) is 0 Å². The number of benzene rings is 3. The fourth-order valence-electron chi connectivity index (χ4n) is 3.24. The zero-order valence-corrected chi connectivity index (χ0v) is 17.8. The number of rotatable bonds is 9. The molecule has 33 heavy (non-hydrogen) atoms. The molecule has 0 radical (unpaired) electrons. The van der Waals surface area contributed by atoms with Crippen LogP contribution in [-0.2, 0) is 19.5 Å². The molecule has 168 valence electrons. The molecule has 1 aromatic heterocycles. The highest BCUT2D eigenvalue weighted by Gasteiger charge is 2.16. The molecule has 1 heterocycles. The molecule has 0 aliphatic heterocycles. The molecule has 0 spiro atoms. The Morgan fingerprint density at radius 1 is 0.758 bits per heavy atom. The van der Waals surface area contributed by atoms with E-state index in [4.69, 9.17) is 0 Å². The molecule has 0 aliphatic carbocycles. The molecule has 0 aliphatic rings. The number of nitrogens with zero attached hydrogens (tertiary/aromatic N) is 3. The highest BCUT2D eigenvalue weighted by Crippen LogP contribution is 2.15. The lowest BCUT2D eigenvalue weighted by Gasteiger charge is -2.07. The van der Waals surface area contributed by atoms with Gasteiger partial charge in [0.1, 0.15) is 11.6 Å². The molecule has 0 saturated heterocycles. The van der Waals surface area contributed by atoms with Gasteiger partial charge in [0.15, 0.2) is 0 Å². The molecule has 4 aromatic rings. The third kappa shape index (κ3) is 6.22. The van der Waals surface area contributed by atoms with Crippen molar-refractivity contribution in [1.29, 1.82) is 0 Å². The highest BCUT2D eigenvalue weighted by atomic mass is 19.1. The van der Waals surface area contributed by atoms with Crippen molar-refractivity contribution < 1.29 is 13.6 Å². The first-order chi connectivity index (χ1) is 16.1. The van der Waals surface area contributed by atoms with Gasteiger partial charge < -0.3 is 10.6 Å². The summed E-state index contributed by atoms with van der Waals surface area (Å²) in [6, 6.07) is 21.9. The second-order valence-electron chi connectivity index (χ2n) is 7.51. The highest BCUT2D eigenvalue weighted by molar-refractivity contribution is 5.81. The smallest absolute Gasteiger partial charge is 0.250 e. The largest absolute Gasteiger partial charge is 0.350 e. The Bertz CT molecular complexity index is 1190. The fourth-order valence-corrected chi connectivity index (χ4v) is 3.24. The molecular weight excluding hydrogens is 424 g/mol. The summed E-state index contributed by atoms with van der Waals surface area (Å²) < 4.78 is 27.5. The summed E-state index contributed by atoms with van der Waals surface area (Å²) in [6.07, 6.45) is 0.839. The van der Waals surface area contributed by atoms with Crippen molar-refractivity contribution in [2.24, 2.45) is 0 Å². The van der Waals surface area contributed by atoms with Gasteiger partial charge in [-0.1, -0.05) is 54.6 Å². The third-order valence-corrected chi connectivity index (χ3v) is 5.04. The summed E-state index contributed by atoms with van der Waals surface area (Å²) in [5, 5.41) is 10.5. The lowest BCUT2D eigenvalue weighted by molar-refractivity contribution is 0.0890. The second kappa shape index (κ2) is 10.5. The average molecular weight is 447 g/mol. The predicted octanol–water partition coefficient (Wildman–Crippen LogP) is 5.05. The fraction of sp³-hybridized carbons (Fsp3) is 0.160. The van der Waals surface area contributed by atoms with Crippen molar-refractivity contribution in [2.45, 2.75) is 25.9 Å². The summed E-state index contributed by atoms with van der Waals surface area (Å²) in [7, 11) is 0. The van der Waals surface area contributed by atoms with Crippen molar-refractivity contribution in [3.63, 3.8) is 0 Å². The summed E-state index contributed by atoms with van der Waals surface area (Å²) in [5.41, 5.74) is 2.74. The van der Waals surface area contributed by atoms with Crippen molar-refractivity contribution in [3.8, 4) is 0 Å². The minimum Gasteiger partial charge on any atom is -0.350 e. The molecule has 2 N–H and O–H groups in total. The molecule has 0 amide bonds. The minimum absolute atomic E-state index is 0.206. The topological polar surface area (TPSA) is 71.8 Å². The summed E-state index contributed by atoms with van der Waals surface area (Å²) in [4.78, 5) is 17.3. The van der Waals surface area contributed by atoms with E-state index in [2.05, 4.69) is 20.7 Å². The van der Waals surface area contributed by atoms with Crippen LogP contribution in [0.5, 0.6) is 0 Å². The predicted molar refractivity (Wildman–Crippen MR) is 123 cm³/mol. The van der Waals surface area contributed by atoms with E-state index >= 15 is 0 Å². The van der Waals surface area contributed by atoms with Crippen LogP contribution in [0, 0.1) is 11.6 Å². The molecule has 3 aromatic carbocycles. The van der Waals surface area contributed by atoms with E-state index in [9.17, 15) is 13.6 Å². The number of hydrogen-bond acceptors (Lipinski definition) is 5. The van der Waals surface area contributed by atoms with Crippen LogP contribution in [-0.4, -0.2) is 20.7 Å². The summed E-state index contributed by atoms with van der Waals surface area (Å²) in [6.45, 7) is 0.724. The van der Waals surface area contributed by atoms with Crippen LogP contribution >= 0.6 is 0 Å². The standard InChI is InChI=1S/C25H23F2N5O/c26-21-11-6-19(7-12-21)16-28-24-30-25(29-17-20-8-13-22(27)14-9-20)32(31-24)23(33)15-10-18-4-2-1-3-5-18/h1-9,11-14H,10,15-17H2,(H2,28,29,30,31). The minimum atomic E-state index is -0.315. The van der Waals surface area contributed by atoms with Crippen LogP contribution in [0.1, 0.15) is 27.9 Å². The van der Waals surface area contributed by atoms with Gasteiger partial charge in [0.2, 0.25) is 17.8 Å². The maximum Gasteiger partial charge on any atom is 0.250 e. The van der Waals surface area contributed by atoms with Gasteiger partial charge in [0, 0.05) is 19.5 Å². The Labute approximate surface area is 190 Å². The van der Waals surface area contributed by atoms with Gasteiger partial charge in [0.05, 0.1) is 0 Å². The number of halogens is 2. The first kappa shape index (κ1) is 22.1. The van der Waals surface area contributed by atoms with Gasteiger partial charge in [-0.05, 0) is 47.4 Å². The van der Waals surface area contributed by atoms with Gasteiger partial charge in [-0.15, -0.1) is 5.10 Å². The van der Waals surface area contributed by atoms with Crippen molar-refractivity contribution in [1.82, 2.24) is 14.8 Å². The Kier molecular flexibility index (Phi) is 7.04. The summed E-state index contributed by atoms with van der Waals surface area (Å²) >= 11 is 0. The van der Waals surface area contributed by atoms with Gasteiger partial charge in [0.25, 0.3) is 0 Å². The van der Waals surface area contributed by atoms with Crippen LogP contribution < -0.4 is 10.6 Å². The lowest BCUT2D eigenvalue weighted by atomic mass is 10.1. The Balaban J connectivity index is 1.47. The van der Waals surface area contributed by atoms with E-state index in [0.29, 0.717) is 25.5 Å². The van der Waals surface area contributed by atoms with Gasteiger partial charge >= 0.3 is 0 Å². The van der Waals surface area contributed by atoms with Gasteiger partial charge in [-0.2, -0.15) is 9.67 Å². The SMILES string of the molecule is O=C(CCc1ccccc1)n1nc(NCc2ccc(F)cc2)nc1NCc1ccc(F)cc1. The van der Waals surface area contributed by atoms with E-state index in [-0.39, 0.29) is 29.9 Å². The molecular formula is C25H23F2N5O. The average Bonchev–Trinajstić information content (AvgIpc) is 3.26. The molecule has 0 bridgehead atoms. The van der Waals surface area contributed by atoms with E-state index in [1.165, 1.54) is 28.9 Å². The number of aromatic nitrogens is 3. The van der Waals surface area contributed by atoms with Crippen LogP contribution in [0.2, 0.25) is 0 Å². The molecule has 6 nitrogen and oxygen atoms in total. The Morgan fingerprint density at radius 3 is 1.94 bits per heavy atom. The monoisotopic (exact) mass is 447 g/mol. The molecule has 8 heteroatoms. The van der Waals surface area contributed by atoms with E-state index in [1.54, 1.807) is 24.3 Å². The Morgan fingerprint density at radius 2 is 1.33 bits per heavy atom. The van der Waals surface area contributed by atoms with E-state index in [0.717, 1.165) is 16.7 Å². The zero-order valence-electron chi connectivity index (χ0n) is 17.8. The second-order valence-corrected chi connectivity index (χ2v) is 7.51. The molecule has 0 atom stereocenters. The van der Waals surface area contributed by atoms with Crippen LogP contribution in [0.25, 0.3) is 0 Å². The maximum atomic E-state index is 13.2. The quantitative estimate of drug-likeness (QED) is 0.376. The number of aryl methyl sites for hydroxylation is 1. The van der Waals surface area contributed by atoms with Gasteiger partial charge in [-0.25, -0.2) is 8.78 Å². The van der Waals surface area contributed by atoms with Crippen LogP contribution in [0.15, 0.2) is 78.9 Å². The maximum absolute atomic E-state index is 13.2. The third-order valence-electron chi connectivity index (χ3n) is 5.04. The number of nitrogens with one attached hydrogen (secondary N) is 2. The van der Waals surface area contributed by atoms with E-state index in [1.807, 2.05) is 30.3 Å². The first-order valence-electron chi connectivity index (χ1n) is 10.6. The molecule has 0 saturated carbocycles. The Hall–Kier alpha value is -4.07. The number of anilines is 2. The normalized spacial score (nSPS) is 10.7. The van der Waals surface area contributed by atoms with Gasteiger partial charge in [-0.3, -0.25) is 4.79 Å². The van der Waals surface area contributed by atoms with Crippen LogP contribution in [0.4, 0.5) is 20.7 Å². The number of carbonyl (C=O) groups is 1. The van der Waals surface area contributed by atoms with Crippen molar-refractivity contribution >= 4 is 17.8 Å². The number of carbonyl (C=O) groups excluding carboxylic acids is 1. The molecule has 0 unspecified atom stereocenters. The van der Waals surface area contributed by atoms with E-state index < -0.39 is 0 Å². The number of hydrogen-bond donors (Lipinski definition) is 2. The summed E-state index contributed by atoms with van der Waals surface area (Å²) in [5.74, 6) is -0.265. The van der Waals surface area contributed by atoms with Crippen molar-refractivity contribution in [3.05, 3.63) is 107 Å². The first-order valence-corrected chi connectivity index (χ1v) is 10.6.